The minimum Gasteiger partial charge on any atom is -0.466 e. The number of nitrogens with zero attached hydrogens (tertiary/aromatic N) is 1. The number of carbonyl (C=O) groups excluding carboxylic acids is 2. The smallest absolute Gasteiger partial charge is 0.306 e. The van der Waals surface area contributed by atoms with Crippen molar-refractivity contribution in [2.24, 2.45) is 5.92 Å². The average Bonchev–Trinajstić information content (AvgIpc) is 3.15. The zero-order valence-corrected chi connectivity index (χ0v) is 15.8. The standard InChI is InChI=1S/C23H27NO3/c1-2-27-22(25)16-20-14-9-15-21(20)24(17-18-10-5-3-6-11-18)23(26)19-12-7-4-8-13-19/h3-8,10-13,20-21H,2,9,14-17H2,1H3/t20-,21-/m1/s1. The first-order valence-electron chi connectivity index (χ1n) is 9.74. The van der Waals surface area contributed by atoms with Crippen molar-refractivity contribution in [3.63, 3.8) is 0 Å². The summed E-state index contributed by atoms with van der Waals surface area (Å²) in [4.78, 5) is 27.3. The minimum atomic E-state index is -0.166. The van der Waals surface area contributed by atoms with Crippen molar-refractivity contribution in [3.8, 4) is 0 Å². The van der Waals surface area contributed by atoms with E-state index in [2.05, 4.69) is 0 Å². The first-order chi connectivity index (χ1) is 13.2. The molecule has 0 spiro atoms. The van der Waals surface area contributed by atoms with Crippen LogP contribution in [0.4, 0.5) is 0 Å². The molecule has 1 fully saturated rings. The molecule has 1 saturated carbocycles. The van der Waals surface area contributed by atoms with Crippen LogP contribution >= 0.6 is 0 Å². The Kier molecular flexibility index (Phi) is 6.64. The van der Waals surface area contributed by atoms with E-state index in [0.29, 0.717) is 25.1 Å². The van der Waals surface area contributed by atoms with Gasteiger partial charge in [-0.25, -0.2) is 0 Å². The van der Waals surface area contributed by atoms with E-state index in [0.717, 1.165) is 24.8 Å². The van der Waals surface area contributed by atoms with Gasteiger partial charge >= 0.3 is 5.97 Å². The van der Waals surface area contributed by atoms with Crippen LogP contribution in [0, 0.1) is 5.92 Å². The minimum absolute atomic E-state index is 0.0280. The Balaban J connectivity index is 1.84. The van der Waals surface area contributed by atoms with Crippen LogP contribution in [0.2, 0.25) is 0 Å². The van der Waals surface area contributed by atoms with E-state index in [1.165, 1.54) is 0 Å². The van der Waals surface area contributed by atoms with Gasteiger partial charge in [-0.1, -0.05) is 55.0 Å². The first kappa shape index (κ1) is 19.2. The Labute approximate surface area is 161 Å². The molecule has 0 unspecified atom stereocenters. The molecule has 0 heterocycles. The van der Waals surface area contributed by atoms with Gasteiger partial charge in [-0.2, -0.15) is 0 Å². The van der Waals surface area contributed by atoms with Crippen molar-refractivity contribution in [1.82, 2.24) is 4.90 Å². The number of ether oxygens (including phenoxy) is 1. The van der Waals surface area contributed by atoms with E-state index in [-0.39, 0.29) is 23.8 Å². The quantitative estimate of drug-likeness (QED) is 0.681. The van der Waals surface area contributed by atoms with Crippen molar-refractivity contribution in [1.29, 1.82) is 0 Å². The Morgan fingerprint density at radius 1 is 1.00 bits per heavy atom. The van der Waals surface area contributed by atoms with E-state index >= 15 is 0 Å². The lowest BCUT2D eigenvalue weighted by molar-refractivity contribution is -0.144. The molecule has 0 bridgehead atoms. The summed E-state index contributed by atoms with van der Waals surface area (Å²) in [5.41, 5.74) is 1.79. The molecular weight excluding hydrogens is 338 g/mol. The third kappa shape index (κ3) is 4.97. The summed E-state index contributed by atoms with van der Waals surface area (Å²) < 4.78 is 5.15. The molecule has 0 saturated heterocycles. The van der Waals surface area contributed by atoms with Crippen LogP contribution in [0.1, 0.15) is 48.5 Å². The van der Waals surface area contributed by atoms with Crippen LogP contribution in [0.5, 0.6) is 0 Å². The molecule has 2 aromatic rings. The zero-order chi connectivity index (χ0) is 19.1. The number of amides is 1. The van der Waals surface area contributed by atoms with Crippen molar-refractivity contribution in [2.45, 2.75) is 45.2 Å². The van der Waals surface area contributed by atoms with E-state index < -0.39 is 0 Å². The molecule has 1 aliphatic carbocycles. The van der Waals surface area contributed by atoms with Crippen molar-refractivity contribution >= 4 is 11.9 Å². The largest absolute Gasteiger partial charge is 0.466 e. The molecule has 1 amide bonds. The van der Waals surface area contributed by atoms with Crippen LogP contribution in [0.15, 0.2) is 60.7 Å². The fourth-order valence-electron chi connectivity index (χ4n) is 3.97. The molecule has 0 radical (unpaired) electrons. The molecule has 4 nitrogen and oxygen atoms in total. The molecule has 142 valence electrons. The predicted molar refractivity (Wildman–Crippen MR) is 105 cm³/mol. The molecule has 2 aromatic carbocycles. The lowest BCUT2D eigenvalue weighted by atomic mass is 9.96. The van der Waals surface area contributed by atoms with E-state index in [4.69, 9.17) is 4.74 Å². The van der Waals surface area contributed by atoms with E-state index in [1.807, 2.05) is 72.5 Å². The maximum absolute atomic E-state index is 13.3. The third-order valence-corrected chi connectivity index (χ3v) is 5.23. The van der Waals surface area contributed by atoms with Gasteiger partial charge in [0.25, 0.3) is 5.91 Å². The number of hydrogen-bond acceptors (Lipinski definition) is 3. The highest BCUT2D eigenvalue weighted by Gasteiger charge is 2.36. The summed E-state index contributed by atoms with van der Waals surface area (Å²) >= 11 is 0. The fourth-order valence-corrected chi connectivity index (χ4v) is 3.97. The number of benzene rings is 2. The molecule has 0 aromatic heterocycles. The van der Waals surface area contributed by atoms with Gasteiger partial charge < -0.3 is 9.64 Å². The molecular formula is C23H27NO3. The van der Waals surface area contributed by atoms with Gasteiger partial charge in [0.05, 0.1) is 13.0 Å². The summed E-state index contributed by atoms with van der Waals surface area (Å²) in [7, 11) is 0. The van der Waals surface area contributed by atoms with Crippen LogP contribution < -0.4 is 0 Å². The predicted octanol–water partition coefficient (Wildman–Crippen LogP) is 4.45. The molecule has 4 heteroatoms. The first-order valence-corrected chi connectivity index (χ1v) is 9.74. The third-order valence-electron chi connectivity index (χ3n) is 5.23. The molecule has 3 rings (SSSR count). The fraction of sp³-hybridized carbons (Fsp3) is 0.391. The summed E-state index contributed by atoms with van der Waals surface area (Å²) in [5.74, 6) is 0.0156. The van der Waals surface area contributed by atoms with Crippen LogP contribution in [0.25, 0.3) is 0 Å². The molecule has 2 atom stereocenters. The average molecular weight is 365 g/mol. The second-order valence-corrected chi connectivity index (χ2v) is 7.05. The van der Waals surface area contributed by atoms with Gasteiger partial charge in [-0.05, 0) is 43.4 Å². The second-order valence-electron chi connectivity index (χ2n) is 7.05. The topological polar surface area (TPSA) is 46.6 Å². The Morgan fingerprint density at radius 3 is 2.33 bits per heavy atom. The van der Waals surface area contributed by atoms with Crippen LogP contribution in [-0.4, -0.2) is 29.4 Å². The van der Waals surface area contributed by atoms with Gasteiger partial charge in [0, 0.05) is 18.2 Å². The number of hydrogen-bond donors (Lipinski definition) is 0. The Hall–Kier alpha value is -2.62. The maximum atomic E-state index is 13.3. The second kappa shape index (κ2) is 9.36. The van der Waals surface area contributed by atoms with Crippen molar-refractivity contribution < 1.29 is 14.3 Å². The van der Waals surface area contributed by atoms with Crippen LogP contribution in [0.3, 0.4) is 0 Å². The Morgan fingerprint density at radius 2 is 1.67 bits per heavy atom. The normalized spacial score (nSPS) is 18.9. The molecule has 0 N–H and O–H groups in total. The van der Waals surface area contributed by atoms with Gasteiger partial charge in [0.15, 0.2) is 0 Å². The SMILES string of the molecule is CCOC(=O)C[C@H]1CCC[C@H]1N(Cc1ccccc1)C(=O)c1ccccc1. The van der Waals surface area contributed by atoms with Crippen molar-refractivity contribution in [2.75, 3.05) is 6.61 Å². The summed E-state index contributed by atoms with van der Waals surface area (Å²) in [6, 6.07) is 19.5. The zero-order valence-electron chi connectivity index (χ0n) is 15.8. The highest BCUT2D eigenvalue weighted by molar-refractivity contribution is 5.94. The van der Waals surface area contributed by atoms with Crippen molar-refractivity contribution in [3.05, 3.63) is 71.8 Å². The van der Waals surface area contributed by atoms with Gasteiger partial charge in [-0.15, -0.1) is 0 Å². The summed E-state index contributed by atoms with van der Waals surface area (Å²) in [6.07, 6.45) is 3.29. The summed E-state index contributed by atoms with van der Waals surface area (Å²) in [5, 5.41) is 0. The number of carbonyl (C=O) groups is 2. The number of esters is 1. The van der Waals surface area contributed by atoms with Crippen LogP contribution in [-0.2, 0) is 16.1 Å². The van der Waals surface area contributed by atoms with E-state index in [9.17, 15) is 9.59 Å². The maximum Gasteiger partial charge on any atom is 0.306 e. The summed E-state index contributed by atoms with van der Waals surface area (Å²) in [6.45, 7) is 2.77. The van der Waals surface area contributed by atoms with Gasteiger partial charge in [-0.3, -0.25) is 9.59 Å². The van der Waals surface area contributed by atoms with E-state index in [1.54, 1.807) is 0 Å². The lowest BCUT2D eigenvalue weighted by Gasteiger charge is -2.33. The monoisotopic (exact) mass is 365 g/mol. The lowest BCUT2D eigenvalue weighted by Crippen LogP contribution is -2.42. The number of rotatable bonds is 7. The molecule has 1 aliphatic rings. The Bertz CT molecular complexity index is 745. The molecule has 27 heavy (non-hydrogen) atoms. The highest BCUT2D eigenvalue weighted by Crippen LogP contribution is 2.34. The molecule has 0 aliphatic heterocycles. The van der Waals surface area contributed by atoms with Gasteiger partial charge in [0.1, 0.15) is 0 Å². The van der Waals surface area contributed by atoms with Gasteiger partial charge in [0.2, 0.25) is 0 Å². The highest BCUT2D eigenvalue weighted by atomic mass is 16.5.